The Morgan fingerprint density at radius 2 is 2.00 bits per heavy atom. The second kappa shape index (κ2) is 4.84. The molecule has 0 atom stereocenters. The Kier molecular flexibility index (Phi) is 4.01. The summed E-state index contributed by atoms with van der Waals surface area (Å²) in [5, 5.41) is 9.84. The summed E-state index contributed by atoms with van der Waals surface area (Å²) >= 11 is 6.33. The number of nitriles is 1. The molecule has 1 saturated carbocycles. The van der Waals surface area contributed by atoms with Crippen LogP contribution in [0.1, 0.15) is 52.4 Å². The quantitative estimate of drug-likeness (QED) is 0.636. The maximum absolute atomic E-state index is 9.01. The number of hydrogen-bond acceptors (Lipinski definition) is 1. The number of rotatable bonds is 3. The van der Waals surface area contributed by atoms with Crippen LogP contribution in [0.5, 0.6) is 0 Å². The van der Waals surface area contributed by atoms with Crippen LogP contribution in [0, 0.1) is 16.7 Å². The van der Waals surface area contributed by atoms with Gasteiger partial charge < -0.3 is 0 Å². The average molecular weight is 212 g/mol. The van der Waals surface area contributed by atoms with Crippen molar-refractivity contribution >= 4 is 11.6 Å². The number of hydrogen-bond donors (Lipinski definition) is 0. The van der Waals surface area contributed by atoms with Gasteiger partial charge >= 0.3 is 0 Å². The Morgan fingerprint density at radius 1 is 1.43 bits per heavy atom. The van der Waals surface area contributed by atoms with Gasteiger partial charge in [-0.1, -0.05) is 44.7 Å². The van der Waals surface area contributed by atoms with Crippen LogP contribution in [-0.2, 0) is 0 Å². The highest BCUT2D eigenvalue weighted by Gasteiger charge is 2.33. The molecule has 1 aliphatic carbocycles. The number of halogens is 1. The molecule has 1 fully saturated rings. The molecule has 0 aromatic heterocycles. The average Bonchev–Trinajstić information content (AvgIpc) is 2.62. The molecule has 0 saturated heterocycles. The van der Waals surface area contributed by atoms with Crippen molar-refractivity contribution in [3.05, 3.63) is 10.6 Å². The van der Waals surface area contributed by atoms with Crippen LogP contribution >= 0.6 is 11.6 Å². The molecule has 0 bridgehead atoms. The van der Waals surface area contributed by atoms with Crippen molar-refractivity contribution in [3.63, 3.8) is 0 Å². The van der Waals surface area contributed by atoms with Crippen LogP contribution in [0.4, 0.5) is 0 Å². The van der Waals surface area contributed by atoms with E-state index in [0.29, 0.717) is 0 Å². The second-order valence-electron chi connectivity index (χ2n) is 4.42. The van der Waals surface area contributed by atoms with Gasteiger partial charge in [0.25, 0.3) is 0 Å². The monoisotopic (exact) mass is 211 g/mol. The first kappa shape index (κ1) is 11.6. The lowest BCUT2D eigenvalue weighted by Gasteiger charge is -2.23. The van der Waals surface area contributed by atoms with Gasteiger partial charge in [0.05, 0.1) is 6.07 Å². The van der Waals surface area contributed by atoms with Crippen LogP contribution in [-0.4, -0.2) is 0 Å². The van der Waals surface area contributed by atoms with E-state index < -0.39 is 0 Å². The summed E-state index contributed by atoms with van der Waals surface area (Å²) in [6.45, 7) is 4.27. The summed E-state index contributed by atoms with van der Waals surface area (Å²) in [5.74, 6) is 0. The number of allylic oxidation sites excluding steroid dienone is 2. The number of nitrogens with zero attached hydrogens (tertiary/aromatic N) is 1. The molecule has 2 heteroatoms. The minimum Gasteiger partial charge on any atom is -0.193 e. The van der Waals surface area contributed by atoms with E-state index in [1.165, 1.54) is 12.8 Å². The zero-order valence-electron chi connectivity index (χ0n) is 9.07. The van der Waals surface area contributed by atoms with Crippen LogP contribution < -0.4 is 0 Å². The third-order valence-electron chi connectivity index (χ3n) is 3.14. The topological polar surface area (TPSA) is 23.8 Å². The van der Waals surface area contributed by atoms with E-state index in [0.717, 1.165) is 36.3 Å². The van der Waals surface area contributed by atoms with E-state index in [2.05, 4.69) is 19.9 Å². The second-order valence-corrected chi connectivity index (χ2v) is 4.80. The van der Waals surface area contributed by atoms with Crippen LogP contribution in [0.3, 0.4) is 0 Å². The molecule has 0 aromatic rings. The third kappa shape index (κ3) is 2.30. The Hall–Kier alpha value is -0.480. The molecule has 1 nitrogen and oxygen atoms in total. The Balaban J connectivity index is 2.88. The maximum atomic E-state index is 9.01. The smallest absolute Gasteiger partial charge is 0.0959 e. The van der Waals surface area contributed by atoms with Crippen LogP contribution in [0.2, 0.25) is 0 Å². The van der Waals surface area contributed by atoms with E-state index in [9.17, 15) is 0 Å². The zero-order chi connectivity index (χ0) is 10.6. The summed E-state index contributed by atoms with van der Waals surface area (Å²) in [5.41, 5.74) is 0.903. The first-order valence-corrected chi connectivity index (χ1v) is 5.81. The van der Waals surface area contributed by atoms with Gasteiger partial charge in [0, 0.05) is 16.0 Å². The van der Waals surface area contributed by atoms with Crippen molar-refractivity contribution in [1.82, 2.24) is 0 Å². The van der Waals surface area contributed by atoms with Crippen LogP contribution in [0.25, 0.3) is 0 Å². The fraction of sp³-hybridized carbons (Fsp3) is 0.750. The Morgan fingerprint density at radius 3 is 2.43 bits per heavy atom. The van der Waals surface area contributed by atoms with E-state index in [-0.39, 0.29) is 5.41 Å². The van der Waals surface area contributed by atoms with Gasteiger partial charge in [-0.2, -0.15) is 5.26 Å². The minimum absolute atomic E-state index is 0.0990. The molecule has 0 aromatic carbocycles. The summed E-state index contributed by atoms with van der Waals surface area (Å²) in [6, 6.07) is 2.25. The van der Waals surface area contributed by atoms with Crippen molar-refractivity contribution in [1.29, 1.82) is 5.26 Å². The molecule has 0 spiro atoms. The van der Waals surface area contributed by atoms with Gasteiger partial charge in [0.1, 0.15) is 0 Å². The molecule has 14 heavy (non-hydrogen) atoms. The molecule has 0 unspecified atom stereocenters. The maximum Gasteiger partial charge on any atom is 0.0959 e. The van der Waals surface area contributed by atoms with Gasteiger partial charge in [-0.3, -0.25) is 0 Å². The van der Waals surface area contributed by atoms with Gasteiger partial charge in [-0.25, -0.2) is 0 Å². The fourth-order valence-corrected chi connectivity index (χ4v) is 2.53. The molecule has 0 radical (unpaired) electrons. The molecule has 1 rings (SSSR count). The van der Waals surface area contributed by atoms with E-state index in [1.54, 1.807) is 0 Å². The van der Waals surface area contributed by atoms with Gasteiger partial charge in [0.2, 0.25) is 0 Å². The van der Waals surface area contributed by atoms with Crippen LogP contribution in [0.15, 0.2) is 10.6 Å². The van der Waals surface area contributed by atoms with Crippen molar-refractivity contribution < 1.29 is 0 Å². The highest BCUT2D eigenvalue weighted by molar-refractivity contribution is 6.30. The predicted octanol–water partition coefficient (Wildman–Crippen LogP) is 4.38. The van der Waals surface area contributed by atoms with Crippen molar-refractivity contribution in [3.8, 4) is 6.07 Å². The standard InChI is InChI=1S/C12H18ClN/c1-3-6-10(9-14)11(13)12(2)7-4-5-8-12/h3-8H2,1-2H3. The molecular weight excluding hydrogens is 194 g/mol. The zero-order valence-corrected chi connectivity index (χ0v) is 9.82. The molecule has 78 valence electrons. The lowest BCUT2D eigenvalue weighted by Crippen LogP contribution is -2.12. The predicted molar refractivity (Wildman–Crippen MR) is 60.0 cm³/mol. The normalized spacial score (nSPS) is 21.6. The Labute approximate surface area is 91.8 Å². The van der Waals surface area contributed by atoms with Gasteiger partial charge in [-0.15, -0.1) is 0 Å². The molecular formula is C12H18ClN. The minimum atomic E-state index is 0.0990. The van der Waals surface area contributed by atoms with E-state index in [1.807, 2.05) is 0 Å². The van der Waals surface area contributed by atoms with Crippen molar-refractivity contribution in [2.24, 2.45) is 5.41 Å². The van der Waals surface area contributed by atoms with Gasteiger partial charge in [-0.05, 0) is 19.3 Å². The lowest BCUT2D eigenvalue weighted by molar-refractivity contribution is 0.431. The Bertz CT molecular complexity index is 267. The van der Waals surface area contributed by atoms with E-state index >= 15 is 0 Å². The molecule has 0 heterocycles. The third-order valence-corrected chi connectivity index (χ3v) is 3.82. The molecule has 0 amide bonds. The summed E-state index contributed by atoms with van der Waals surface area (Å²) in [6.07, 6.45) is 6.59. The van der Waals surface area contributed by atoms with E-state index in [4.69, 9.17) is 16.9 Å². The fourth-order valence-electron chi connectivity index (χ4n) is 2.20. The summed E-state index contributed by atoms with van der Waals surface area (Å²) in [4.78, 5) is 0. The van der Waals surface area contributed by atoms with Crippen molar-refractivity contribution in [2.45, 2.75) is 52.4 Å². The van der Waals surface area contributed by atoms with Crippen molar-refractivity contribution in [2.75, 3.05) is 0 Å². The molecule has 1 aliphatic rings. The summed E-state index contributed by atoms with van der Waals surface area (Å²) < 4.78 is 0. The highest BCUT2D eigenvalue weighted by Crippen LogP contribution is 2.46. The SMILES string of the molecule is CCCC(C#N)=C(Cl)C1(C)CCCC1. The molecule has 0 aliphatic heterocycles. The highest BCUT2D eigenvalue weighted by atomic mass is 35.5. The largest absolute Gasteiger partial charge is 0.193 e. The first-order chi connectivity index (χ1) is 6.64. The van der Waals surface area contributed by atoms with Gasteiger partial charge in [0.15, 0.2) is 0 Å². The summed E-state index contributed by atoms with van der Waals surface area (Å²) in [7, 11) is 0. The lowest BCUT2D eigenvalue weighted by atomic mass is 9.85. The first-order valence-electron chi connectivity index (χ1n) is 5.43. The molecule has 0 N–H and O–H groups in total.